The first-order valence-electron chi connectivity index (χ1n) is 9.24. The number of nitrogens with one attached hydrogen (secondary N) is 2. The lowest BCUT2D eigenvalue weighted by Crippen LogP contribution is -2.59. The van der Waals surface area contributed by atoms with Gasteiger partial charge in [0.25, 0.3) is 0 Å². The predicted molar refractivity (Wildman–Crippen MR) is 104 cm³/mol. The number of thiazole rings is 1. The van der Waals surface area contributed by atoms with Crippen molar-refractivity contribution in [2.24, 2.45) is 0 Å². The molecule has 4 rings (SSSR count). The van der Waals surface area contributed by atoms with Gasteiger partial charge in [0, 0.05) is 50.1 Å². The summed E-state index contributed by atoms with van der Waals surface area (Å²) >= 11 is 1.67. The predicted octanol–water partition coefficient (Wildman–Crippen LogP) is 1.24. The zero-order valence-corrected chi connectivity index (χ0v) is 15.9. The molecule has 2 saturated heterocycles. The van der Waals surface area contributed by atoms with Crippen molar-refractivity contribution in [2.45, 2.75) is 25.4 Å². The van der Waals surface area contributed by atoms with Crippen LogP contribution in [0.5, 0.6) is 0 Å². The van der Waals surface area contributed by atoms with Gasteiger partial charge < -0.3 is 4.90 Å². The first-order chi connectivity index (χ1) is 13.2. The Hall–Kier alpha value is -2.29. The number of carbonyl (C=O) groups excluding carboxylic acids is 2. The van der Waals surface area contributed by atoms with E-state index < -0.39 is 0 Å². The fraction of sp³-hybridized carbons (Fsp3) is 0.421. The summed E-state index contributed by atoms with van der Waals surface area (Å²) in [5, 5.41) is 3.17. The van der Waals surface area contributed by atoms with Crippen molar-refractivity contribution in [3.8, 4) is 10.6 Å². The van der Waals surface area contributed by atoms with E-state index in [2.05, 4.69) is 33.3 Å². The normalized spacial score (nSPS) is 21.1. The monoisotopic (exact) mass is 385 g/mol. The number of benzene rings is 1. The van der Waals surface area contributed by atoms with Crippen LogP contribution in [0.1, 0.15) is 18.5 Å². The number of piperazine rings is 1. The molecule has 1 atom stereocenters. The Kier molecular flexibility index (Phi) is 5.47. The minimum Gasteiger partial charge on any atom is -0.339 e. The van der Waals surface area contributed by atoms with E-state index in [0.717, 1.165) is 35.9 Å². The summed E-state index contributed by atoms with van der Waals surface area (Å²) in [4.78, 5) is 32.8. The molecule has 2 aromatic rings. The third-order valence-electron chi connectivity index (χ3n) is 4.99. The maximum absolute atomic E-state index is 12.6. The molecule has 2 aliphatic heterocycles. The smallest absolute Gasteiger partial charge is 0.241 e. The second-order valence-electron chi connectivity index (χ2n) is 6.90. The van der Waals surface area contributed by atoms with E-state index >= 15 is 0 Å². The summed E-state index contributed by atoms with van der Waals surface area (Å²) in [5.74, 6) is 0.0247. The second-order valence-corrected chi connectivity index (χ2v) is 7.75. The number of hydrogen-bond donors (Lipinski definition) is 2. The topological polar surface area (TPSA) is 77.6 Å². The van der Waals surface area contributed by atoms with Crippen LogP contribution in [0, 0.1) is 0 Å². The summed E-state index contributed by atoms with van der Waals surface area (Å²) in [6.07, 6.45) is 0.961. The lowest BCUT2D eigenvalue weighted by atomic mass is 10.1. The Balaban J connectivity index is 1.28. The number of amides is 2. The van der Waals surface area contributed by atoms with Gasteiger partial charge in [0.2, 0.25) is 11.8 Å². The van der Waals surface area contributed by atoms with E-state index in [-0.39, 0.29) is 17.9 Å². The highest BCUT2D eigenvalue weighted by Crippen LogP contribution is 2.24. The zero-order chi connectivity index (χ0) is 18.6. The molecule has 0 saturated carbocycles. The van der Waals surface area contributed by atoms with E-state index in [1.54, 1.807) is 11.3 Å². The molecule has 0 spiro atoms. The Bertz CT molecular complexity index is 791. The number of nitrogens with zero attached hydrogens (tertiary/aromatic N) is 3. The van der Waals surface area contributed by atoms with Crippen LogP contribution in [0.3, 0.4) is 0 Å². The van der Waals surface area contributed by atoms with E-state index in [1.165, 1.54) is 0 Å². The lowest BCUT2D eigenvalue weighted by Gasteiger charge is -2.37. The summed E-state index contributed by atoms with van der Waals surface area (Å²) in [5.41, 5.74) is 7.61. The van der Waals surface area contributed by atoms with Gasteiger partial charge in [0.05, 0.1) is 5.69 Å². The minimum absolute atomic E-state index is 0.0537. The highest BCUT2D eigenvalue weighted by molar-refractivity contribution is 7.13. The summed E-state index contributed by atoms with van der Waals surface area (Å²) in [6.45, 7) is 3.90. The highest BCUT2D eigenvalue weighted by atomic mass is 32.1. The first-order valence-corrected chi connectivity index (χ1v) is 10.1. The zero-order valence-electron chi connectivity index (χ0n) is 15.1. The standard InChI is InChI=1S/C19H23N5O2S/c25-17-7-6-16(21-22-17)19(26)24-10-8-23(9-11-24)12-15-13-27-18(20-15)14-4-2-1-3-5-14/h1-5,13,16,21H,6-12H2,(H,22,25). The highest BCUT2D eigenvalue weighted by Gasteiger charge is 2.30. The van der Waals surface area contributed by atoms with Gasteiger partial charge in [-0.25, -0.2) is 10.4 Å². The quantitative estimate of drug-likeness (QED) is 0.828. The number of carbonyl (C=O) groups is 2. The fourth-order valence-electron chi connectivity index (χ4n) is 3.43. The Labute approximate surface area is 162 Å². The first kappa shape index (κ1) is 18.1. The van der Waals surface area contributed by atoms with E-state index in [0.29, 0.717) is 25.9 Å². The van der Waals surface area contributed by atoms with Gasteiger partial charge >= 0.3 is 0 Å². The molecule has 0 radical (unpaired) electrons. The minimum atomic E-state index is -0.304. The van der Waals surface area contributed by atoms with Crippen LogP contribution in [0.2, 0.25) is 0 Å². The lowest BCUT2D eigenvalue weighted by molar-refractivity contribution is -0.138. The molecule has 1 unspecified atom stereocenters. The van der Waals surface area contributed by atoms with Gasteiger partial charge in [-0.1, -0.05) is 30.3 Å². The third kappa shape index (κ3) is 4.35. The molecule has 7 nitrogen and oxygen atoms in total. The van der Waals surface area contributed by atoms with Crippen LogP contribution in [0.25, 0.3) is 10.6 Å². The van der Waals surface area contributed by atoms with E-state index in [1.807, 2.05) is 23.1 Å². The van der Waals surface area contributed by atoms with Crippen LogP contribution in [0.4, 0.5) is 0 Å². The second kappa shape index (κ2) is 8.16. The number of rotatable bonds is 4. The van der Waals surface area contributed by atoms with E-state index in [4.69, 9.17) is 4.98 Å². The van der Waals surface area contributed by atoms with Crippen molar-refractivity contribution >= 4 is 23.2 Å². The van der Waals surface area contributed by atoms with Crippen molar-refractivity contribution in [3.05, 3.63) is 41.4 Å². The Morgan fingerprint density at radius 3 is 2.67 bits per heavy atom. The molecule has 27 heavy (non-hydrogen) atoms. The van der Waals surface area contributed by atoms with Gasteiger partial charge in [-0.15, -0.1) is 11.3 Å². The molecule has 2 fully saturated rings. The van der Waals surface area contributed by atoms with Gasteiger partial charge in [0.1, 0.15) is 11.0 Å². The third-order valence-corrected chi connectivity index (χ3v) is 5.93. The van der Waals surface area contributed by atoms with Gasteiger partial charge in [-0.3, -0.25) is 19.9 Å². The number of hydrogen-bond acceptors (Lipinski definition) is 6. The van der Waals surface area contributed by atoms with Crippen LogP contribution in [-0.4, -0.2) is 58.8 Å². The molecule has 0 bridgehead atoms. The number of aromatic nitrogens is 1. The molecule has 2 aliphatic rings. The van der Waals surface area contributed by atoms with Gasteiger partial charge in [-0.2, -0.15) is 0 Å². The average molecular weight is 385 g/mol. The molecular weight excluding hydrogens is 362 g/mol. The van der Waals surface area contributed by atoms with Gasteiger partial charge in [0.15, 0.2) is 0 Å². The Morgan fingerprint density at radius 2 is 1.96 bits per heavy atom. The van der Waals surface area contributed by atoms with Crippen molar-refractivity contribution < 1.29 is 9.59 Å². The van der Waals surface area contributed by atoms with Crippen LogP contribution in [0.15, 0.2) is 35.7 Å². The maximum Gasteiger partial charge on any atom is 0.241 e. The largest absolute Gasteiger partial charge is 0.339 e. The SMILES string of the molecule is O=C1CCC(C(=O)N2CCN(Cc3csc(-c4ccccc4)n3)CC2)NN1. The average Bonchev–Trinajstić information content (AvgIpc) is 3.18. The van der Waals surface area contributed by atoms with Crippen LogP contribution in [-0.2, 0) is 16.1 Å². The molecule has 1 aromatic heterocycles. The maximum atomic E-state index is 12.6. The molecule has 1 aromatic carbocycles. The molecule has 8 heteroatoms. The summed E-state index contributed by atoms with van der Waals surface area (Å²) < 4.78 is 0. The van der Waals surface area contributed by atoms with Crippen LogP contribution >= 0.6 is 11.3 Å². The molecule has 3 heterocycles. The summed E-state index contributed by atoms with van der Waals surface area (Å²) in [6, 6.07) is 9.92. The molecule has 2 N–H and O–H groups in total. The Morgan fingerprint density at radius 1 is 1.19 bits per heavy atom. The van der Waals surface area contributed by atoms with Crippen molar-refractivity contribution in [1.29, 1.82) is 0 Å². The van der Waals surface area contributed by atoms with Crippen LogP contribution < -0.4 is 10.9 Å². The van der Waals surface area contributed by atoms with Crippen molar-refractivity contribution in [3.63, 3.8) is 0 Å². The van der Waals surface area contributed by atoms with E-state index in [9.17, 15) is 9.59 Å². The molecule has 142 valence electrons. The fourth-order valence-corrected chi connectivity index (χ4v) is 4.25. The van der Waals surface area contributed by atoms with Crippen molar-refractivity contribution in [2.75, 3.05) is 26.2 Å². The number of hydrazine groups is 1. The van der Waals surface area contributed by atoms with Gasteiger partial charge in [-0.05, 0) is 6.42 Å². The van der Waals surface area contributed by atoms with Crippen molar-refractivity contribution in [1.82, 2.24) is 25.6 Å². The molecule has 2 amide bonds. The molecule has 0 aliphatic carbocycles. The molecular formula is C19H23N5O2S. The summed E-state index contributed by atoms with van der Waals surface area (Å²) in [7, 11) is 0.